The van der Waals surface area contributed by atoms with E-state index in [1.807, 2.05) is 27.7 Å². The first-order valence-corrected chi connectivity index (χ1v) is 5.38. The van der Waals surface area contributed by atoms with Gasteiger partial charge in [0.05, 0.1) is 0 Å². The SMILES string of the molecule is CC.CC.CCC(CC)N(C)C. The first kappa shape index (κ1) is 17.9. The van der Waals surface area contributed by atoms with E-state index in [2.05, 4.69) is 32.8 Å². The fourth-order valence-corrected chi connectivity index (χ4v) is 1.02. The van der Waals surface area contributed by atoms with Gasteiger partial charge in [-0.1, -0.05) is 41.5 Å². The summed E-state index contributed by atoms with van der Waals surface area (Å²) in [6.07, 6.45) is 2.53. The summed E-state index contributed by atoms with van der Waals surface area (Å²) in [6.45, 7) is 12.5. The van der Waals surface area contributed by atoms with Gasteiger partial charge < -0.3 is 4.90 Å². The Morgan fingerprint density at radius 2 is 1.08 bits per heavy atom. The molecule has 0 aromatic heterocycles. The predicted octanol–water partition coefficient (Wildman–Crippen LogP) is 3.79. The Hall–Kier alpha value is -0.0400. The summed E-state index contributed by atoms with van der Waals surface area (Å²) >= 11 is 0. The molecule has 0 N–H and O–H groups in total. The summed E-state index contributed by atoms with van der Waals surface area (Å²) in [6, 6.07) is 0.787. The fourth-order valence-electron chi connectivity index (χ4n) is 1.02. The van der Waals surface area contributed by atoms with Crippen LogP contribution < -0.4 is 0 Å². The third-order valence-electron chi connectivity index (χ3n) is 1.67. The second-order valence-electron chi connectivity index (χ2n) is 2.43. The summed E-state index contributed by atoms with van der Waals surface area (Å²) in [7, 11) is 4.27. The largest absolute Gasteiger partial charge is 0.306 e. The molecule has 0 rings (SSSR count). The first-order chi connectivity index (χ1) is 5.72. The second-order valence-corrected chi connectivity index (χ2v) is 2.43. The summed E-state index contributed by atoms with van der Waals surface area (Å²) in [5, 5.41) is 0. The lowest BCUT2D eigenvalue weighted by atomic mass is 10.1. The molecule has 0 bridgehead atoms. The van der Waals surface area contributed by atoms with Crippen molar-refractivity contribution in [3.05, 3.63) is 0 Å². The van der Waals surface area contributed by atoms with Crippen molar-refractivity contribution < 1.29 is 0 Å². The molecule has 1 nitrogen and oxygen atoms in total. The van der Waals surface area contributed by atoms with E-state index in [1.54, 1.807) is 0 Å². The lowest BCUT2D eigenvalue weighted by Crippen LogP contribution is -2.25. The average molecular weight is 175 g/mol. The van der Waals surface area contributed by atoms with Crippen LogP contribution in [0, 0.1) is 0 Å². The molecule has 0 aromatic carbocycles. The number of rotatable bonds is 3. The molecule has 0 amide bonds. The van der Waals surface area contributed by atoms with Crippen LogP contribution in [0.1, 0.15) is 54.4 Å². The Kier molecular flexibility index (Phi) is 25.6. The molecule has 0 radical (unpaired) electrons. The van der Waals surface area contributed by atoms with Crippen LogP contribution in [0.4, 0.5) is 0 Å². The molecule has 0 saturated heterocycles. The van der Waals surface area contributed by atoms with Gasteiger partial charge in [0, 0.05) is 6.04 Å². The maximum absolute atomic E-state index is 2.28. The third kappa shape index (κ3) is 12.6. The second kappa shape index (κ2) is 17.2. The van der Waals surface area contributed by atoms with Crippen LogP contribution in [0.25, 0.3) is 0 Å². The van der Waals surface area contributed by atoms with Gasteiger partial charge in [-0.3, -0.25) is 0 Å². The maximum atomic E-state index is 2.28. The van der Waals surface area contributed by atoms with Gasteiger partial charge in [0.2, 0.25) is 0 Å². The molecule has 0 aliphatic heterocycles. The van der Waals surface area contributed by atoms with E-state index in [0.717, 1.165) is 6.04 Å². The Morgan fingerprint density at radius 3 is 1.08 bits per heavy atom. The Labute approximate surface area is 80.2 Å². The fraction of sp³-hybridized carbons (Fsp3) is 1.00. The third-order valence-corrected chi connectivity index (χ3v) is 1.67. The van der Waals surface area contributed by atoms with E-state index in [4.69, 9.17) is 0 Å². The van der Waals surface area contributed by atoms with Gasteiger partial charge in [-0.15, -0.1) is 0 Å². The Morgan fingerprint density at radius 1 is 0.833 bits per heavy atom. The minimum atomic E-state index is 0.787. The summed E-state index contributed by atoms with van der Waals surface area (Å²) in [5.74, 6) is 0. The molecule has 0 saturated carbocycles. The van der Waals surface area contributed by atoms with Crippen molar-refractivity contribution in [3.63, 3.8) is 0 Å². The topological polar surface area (TPSA) is 3.24 Å². The number of hydrogen-bond donors (Lipinski definition) is 0. The zero-order valence-corrected chi connectivity index (χ0v) is 10.4. The molecule has 0 spiro atoms. The average Bonchev–Trinajstić information content (AvgIpc) is 2.13. The quantitative estimate of drug-likeness (QED) is 0.631. The van der Waals surface area contributed by atoms with Crippen LogP contribution in [0.15, 0.2) is 0 Å². The van der Waals surface area contributed by atoms with E-state index < -0.39 is 0 Å². The van der Waals surface area contributed by atoms with Crippen LogP contribution in [0.3, 0.4) is 0 Å². The highest BCUT2D eigenvalue weighted by atomic mass is 15.1. The predicted molar refractivity (Wildman–Crippen MR) is 60.8 cm³/mol. The lowest BCUT2D eigenvalue weighted by Gasteiger charge is -2.20. The molecule has 0 aliphatic rings. The van der Waals surface area contributed by atoms with Gasteiger partial charge in [0.15, 0.2) is 0 Å². The van der Waals surface area contributed by atoms with Gasteiger partial charge in [-0.25, -0.2) is 0 Å². The van der Waals surface area contributed by atoms with E-state index in [1.165, 1.54) is 12.8 Å². The molecule has 0 heterocycles. The van der Waals surface area contributed by atoms with Gasteiger partial charge >= 0.3 is 0 Å². The van der Waals surface area contributed by atoms with E-state index in [0.29, 0.717) is 0 Å². The first-order valence-electron chi connectivity index (χ1n) is 5.38. The molecule has 1 heteroatoms. The minimum Gasteiger partial charge on any atom is -0.306 e. The summed E-state index contributed by atoms with van der Waals surface area (Å²) in [4.78, 5) is 2.28. The van der Waals surface area contributed by atoms with Crippen LogP contribution in [-0.2, 0) is 0 Å². The van der Waals surface area contributed by atoms with Crippen LogP contribution >= 0.6 is 0 Å². The highest BCUT2D eigenvalue weighted by Crippen LogP contribution is 2.01. The van der Waals surface area contributed by atoms with Crippen LogP contribution in [-0.4, -0.2) is 25.0 Å². The van der Waals surface area contributed by atoms with Gasteiger partial charge in [0.25, 0.3) is 0 Å². The van der Waals surface area contributed by atoms with E-state index >= 15 is 0 Å². The monoisotopic (exact) mass is 175 g/mol. The van der Waals surface area contributed by atoms with Crippen molar-refractivity contribution in [3.8, 4) is 0 Å². The highest BCUT2D eigenvalue weighted by Gasteiger charge is 2.02. The molecule has 0 atom stereocenters. The molecule has 0 fully saturated rings. The standard InChI is InChI=1S/C7H17N.2C2H6/c1-5-7(6-2)8(3)4;2*1-2/h7H,5-6H2,1-4H3;2*1-2H3. The van der Waals surface area contributed by atoms with Gasteiger partial charge in [0.1, 0.15) is 0 Å². The van der Waals surface area contributed by atoms with Crippen molar-refractivity contribution in [1.82, 2.24) is 4.90 Å². The Bertz CT molecular complexity index is 47.0. The Balaban J connectivity index is -0.000000175. The zero-order chi connectivity index (χ0) is 10.6. The molecular formula is C11H29N. The van der Waals surface area contributed by atoms with E-state index in [-0.39, 0.29) is 0 Å². The number of hydrogen-bond acceptors (Lipinski definition) is 1. The molecule has 0 aliphatic carbocycles. The minimum absolute atomic E-state index is 0.787. The highest BCUT2D eigenvalue weighted by molar-refractivity contribution is 4.59. The van der Waals surface area contributed by atoms with Crippen molar-refractivity contribution in [2.45, 2.75) is 60.4 Å². The van der Waals surface area contributed by atoms with Crippen molar-refractivity contribution in [2.75, 3.05) is 14.1 Å². The molecule has 78 valence electrons. The van der Waals surface area contributed by atoms with Crippen molar-refractivity contribution in [1.29, 1.82) is 0 Å². The lowest BCUT2D eigenvalue weighted by molar-refractivity contribution is 0.279. The molecule has 0 aromatic rings. The smallest absolute Gasteiger partial charge is 0.00839 e. The maximum Gasteiger partial charge on any atom is 0.00839 e. The number of nitrogens with zero attached hydrogens (tertiary/aromatic N) is 1. The molecule has 0 unspecified atom stereocenters. The zero-order valence-electron chi connectivity index (χ0n) is 10.4. The normalized spacial score (nSPS) is 8.50. The van der Waals surface area contributed by atoms with Crippen LogP contribution in [0.5, 0.6) is 0 Å². The van der Waals surface area contributed by atoms with Crippen molar-refractivity contribution >= 4 is 0 Å². The molecular weight excluding hydrogens is 146 g/mol. The van der Waals surface area contributed by atoms with Crippen LogP contribution in [0.2, 0.25) is 0 Å². The van der Waals surface area contributed by atoms with Gasteiger partial charge in [-0.05, 0) is 26.9 Å². The van der Waals surface area contributed by atoms with Crippen molar-refractivity contribution in [2.24, 2.45) is 0 Å². The summed E-state index contributed by atoms with van der Waals surface area (Å²) < 4.78 is 0. The van der Waals surface area contributed by atoms with Gasteiger partial charge in [-0.2, -0.15) is 0 Å². The molecule has 12 heavy (non-hydrogen) atoms. The summed E-state index contributed by atoms with van der Waals surface area (Å²) in [5.41, 5.74) is 0. The van der Waals surface area contributed by atoms with E-state index in [9.17, 15) is 0 Å².